The van der Waals surface area contributed by atoms with Crippen molar-refractivity contribution in [3.63, 3.8) is 0 Å². The molecule has 1 saturated carbocycles. The van der Waals surface area contributed by atoms with Crippen molar-refractivity contribution in [1.29, 1.82) is 0 Å². The number of thioether (sulfide) groups is 1. The van der Waals surface area contributed by atoms with Gasteiger partial charge in [0.1, 0.15) is 32.9 Å². The Hall–Kier alpha value is -3.55. The maximum Gasteiger partial charge on any atom is 0.428 e. The number of carbonyl (C=O) groups excluding carboxylic acids is 4. The molecule has 1 aromatic rings. The number of hydrogen-bond donors (Lipinski definition) is 2. The van der Waals surface area contributed by atoms with E-state index in [-0.39, 0.29) is 36.0 Å². The molecule has 1 atom stereocenters. The van der Waals surface area contributed by atoms with Gasteiger partial charge in [0.05, 0.1) is 25.4 Å². The Bertz CT molecular complexity index is 1220. The number of anilines is 1. The van der Waals surface area contributed by atoms with Crippen molar-refractivity contribution in [2.75, 3.05) is 24.6 Å². The molecule has 3 rings (SSSR count). The molecular formula is C28H39FN4O8S. The lowest BCUT2D eigenvalue weighted by Gasteiger charge is -2.38. The predicted molar refractivity (Wildman–Crippen MR) is 155 cm³/mol. The molecule has 232 valence electrons. The highest BCUT2D eigenvalue weighted by atomic mass is 32.2. The maximum absolute atomic E-state index is 15.6. The van der Waals surface area contributed by atoms with Crippen LogP contribution in [0.1, 0.15) is 73.3 Å². The summed E-state index contributed by atoms with van der Waals surface area (Å²) < 4.78 is 35.7. The number of nitrogens with zero attached hydrogens (tertiary/aromatic N) is 2. The highest BCUT2D eigenvalue weighted by Gasteiger charge is 2.48. The van der Waals surface area contributed by atoms with Crippen LogP contribution in [-0.2, 0) is 23.7 Å². The van der Waals surface area contributed by atoms with Crippen LogP contribution >= 0.6 is 11.8 Å². The summed E-state index contributed by atoms with van der Waals surface area (Å²) in [6, 6.07) is 4.05. The Kier molecular flexibility index (Phi) is 10.3. The molecule has 3 amide bonds. The number of benzene rings is 1. The number of hydrogen-bond acceptors (Lipinski definition) is 10. The smallest absolute Gasteiger partial charge is 0.428 e. The van der Waals surface area contributed by atoms with E-state index in [4.69, 9.17) is 18.9 Å². The van der Waals surface area contributed by atoms with Crippen LogP contribution in [0.3, 0.4) is 0 Å². The molecule has 2 fully saturated rings. The molecule has 1 aliphatic carbocycles. The average Bonchev–Trinajstić information content (AvgIpc) is 3.20. The third-order valence-electron chi connectivity index (χ3n) is 5.99. The van der Waals surface area contributed by atoms with E-state index in [9.17, 15) is 19.2 Å². The molecule has 0 spiro atoms. The number of esters is 1. The van der Waals surface area contributed by atoms with Crippen LogP contribution in [0.15, 0.2) is 23.3 Å². The largest absolute Gasteiger partial charge is 0.465 e. The number of hydrazone groups is 1. The van der Waals surface area contributed by atoms with Crippen molar-refractivity contribution >= 4 is 46.7 Å². The monoisotopic (exact) mass is 610 g/mol. The number of rotatable bonds is 8. The van der Waals surface area contributed by atoms with E-state index in [0.717, 1.165) is 24.2 Å². The second-order valence-electron chi connectivity index (χ2n) is 11.9. The minimum Gasteiger partial charge on any atom is -0.465 e. The summed E-state index contributed by atoms with van der Waals surface area (Å²) in [5.41, 5.74) is 1.04. The van der Waals surface area contributed by atoms with E-state index in [1.165, 1.54) is 17.0 Å². The minimum atomic E-state index is -0.970. The lowest BCUT2D eigenvalue weighted by Crippen LogP contribution is -2.44. The highest BCUT2D eigenvalue weighted by Crippen LogP contribution is 2.47. The zero-order valence-corrected chi connectivity index (χ0v) is 25.8. The van der Waals surface area contributed by atoms with Gasteiger partial charge in [-0.05, 0) is 85.9 Å². The summed E-state index contributed by atoms with van der Waals surface area (Å²) in [5, 5.41) is 6.72. The van der Waals surface area contributed by atoms with Gasteiger partial charge in [0.2, 0.25) is 0 Å². The Morgan fingerprint density at radius 2 is 1.76 bits per heavy atom. The predicted octanol–water partition coefficient (Wildman–Crippen LogP) is 5.08. The molecule has 0 aromatic heterocycles. The molecule has 0 radical (unpaired) electrons. The maximum atomic E-state index is 15.6. The van der Waals surface area contributed by atoms with Gasteiger partial charge in [-0.15, -0.1) is 0 Å². The standard InChI is InChI=1S/C28H39FN4O8S/c1-8-38-22(34)28(12-9-13-28)42-21(31-32-24(36)41-27(5,6)7)19-11-10-17(14-20(19)29)33-16-18(39-25(33)37)15-30-23(35)40-26(2,3)4/h10-11,14,18H,8-9,12-13,15-16H2,1-7H3,(H,30,35)(H,32,36)/t18-/m1/s1. The summed E-state index contributed by atoms with van der Waals surface area (Å²) >= 11 is 1.01. The lowest BCUT2D eigenvalue weighted by atomic mass is 9.84. The van der Waals surface area contributed by atoms with Crippen molar-refractivity contribution in [3.05, 3.63) is 29.6 Å². The molecule has 2 aliphatic rings. The van der Waals surface area contributed by atoms with Gasteiger partial charge in [-0.1, -0.05) is 11.8 Å². The zero-order valence-electron chi connectivity index (χ0n) is 25.0. The van der Waals surface area contributed by atoms with Crippen molar-refractivity contribution in [2.45, 2.75) is 89.8 Å². The van der Waals surface area contributed by atoms with Crippen LogP contribution in [0.25, 0.3) is 0 Å². The molecule has 1 saturated heterocycles. The molecule has 0 bridgehead atoms. The van der Waals surface area contributed by atoms with E-state index in [1.54, 1.807) is 48.5 Å². The molecule has 2 N–H and O–H groups in total. The molecule has 42 heavy (non-hydrogen) atoms. The number of carbonyl (C=O) groups is 4. The molecule has 0 unspecified atom stereocenters. The summed E-state index contributed by atoms with van der Waals surface area (Å²) in [6.07, 6.45) is -1.10. The Labute approximate surface area is 249 Å². The second kappa shape index (κ2) is 13.2. The van der Waals surface area contributed by atoms with Crippen LogP contribution in [0, 0.1) is 5.82 Å². The fraction of sp³-hybridized carbons (Fsp3) is 0.607. The normalized spacial score (nSPS) is 18.5. The average molecular weight is 611 g/mol. The summed E-state index contributed by atoms with van der Waals surface area (Å²) in [7, 11) is 0. The van der Waals surface area contributed by atoms with Crippen molar-refractivity contribution in [1.82, 2.24) is 10.7 Å². The highest BCUT2D eigenvalue weighted by molar-refractivity contribution is 8.16. The molecule has 1 aliphatic heterocycles. The third-order valence-corrected chi connectivity index (χ3v) is 7.46. The van der Waals surface area contributed by atoms with Crippen LogP contribution < -0.4 is 15.6 Å². The summed E-state index contributed by atoms with van der Waals surface area (Å²) in [4.78, 5) is 50.8. The number of alkyl carbamates (subject to hydrolysis) is 1. The molecule has 14 heteroatoms. The lowest BCUT2D eigenvalue weighted by molar-refractivity contribution is -0.148. The van der Waals surface area contributed by atoms with Gasteiger partial charge in [0, 0.05) is 5.56 Å². The van der Waals surface area contributed by atoms with Crippen molar-refractivity contribution < 1.29 is 42.5 Å². The van der Waals surface area contributed by atoms with Crippen LogP contribution in [0.2, 0.25) is 0 Å². The summed E-state index contributed by atoms with van der Waals surface area (Å²) in [5.74, 6) is -1.18. The number of ether oxygens (including phenoxy) is 4. The Balaban J connectivity index is 1.80. The van der Waals surface area contributed by atoms with E-state index >= 15 is 4.39 Å². The van der Waals surface area contributed by atoms with E-state index in [0.29, 0.717) is 12.8 Å². The van der Waals surface area contributed by atoms with Crippen molar-refractivity contribution in [2.24, 2.45) is 5.10 Å². The topological polar surface area (TPSA) is 145 Å². The zero-order chi connectivity index (χ0) is 31.3. The quantitative estimate of drug-likeness (QED) is 0.135. The molecule has 1 heterocycles. The van der Waals surface area contributed by atoms with Gasteiger partial charge in [-0.3, -0.25) is 9.69 Å². The first-order valence-corrected chi connectivity index (χ1v) is 14.5. The SMILES string of the molecule is CCOC(=O)C1(SC(=NNC(=O)OC(C)(C)C)c2ccc(N3C[C@@H](CNC(=O)OC(C)(C)C)OC3=O)cc2F)CCC1. The molecule has 1 aromatic carbocycles. The molecule has 12 nitrogen and oxygen atoms in total. The van der Waals surface area contributed by atoms with E-state index in [1.807, 2.05) is 0 Å². The third kappa shape index (κ3) is 8.97. The van der Waals surface area contributed by atoms with Gasteiger partial charge in [0.15, 0.2) is 0 Å². The second-order valence-corrected chi connectivity index (χ2v) is 13.2. The Morgan fingerprint density at radius 1 is 1.12 bits per heavy atom. The first kappa shape index (κ1) is 33.0. The molecular weight excluding hydrogens is 571 g/mol. The van der Waals surface area contributed by atoms with Crippen LogP contribution in [-0.4, -0.2) is 71.0 Å². The number of halogens is 1. The van der Waals surface area contributed by atoms with Gasteiger partial charge in [-0.2, -0.15) is 5.10 Å². The fourth-order valence-corrected chi connectivity index (χ4v) is 5.40. The summed E-state index contributed by atoms with van der Waals surface area (Å²) in [6.45, 7) is 12.2. The van der Waals surface area contributed by atoms with E-state index < -0.39 is 52.1 Å². The first-order chi connectivity index (χ1) is 19.5. The van der Waals surface area contributed by atoms with E-state index in [2.05, 4.69) is 15.8 Å². The first-order valence-electron chi connectivity index (χ1n) is 13.7. The van der Waals surface area contributed by atoms with Crippen LogP contribution in [0.4, 0.5) is 24.5 Å². The number of cyclic esters (lactones) is 1. The number of amides is 3. The number of nitrogens with one attached hydrogen (secondary N) is 2. The van der Waals surface area contributed by atoms with Gasteiger partial charge in [-0.25, -0.2) is 24.2 Å². The Morgan fingerprint density at radius 3 is 2.31 bits per heavy atom. The fourth-order valence-electron chi connectivity index (χ4n) is 4.02. The van der Waals surface area contributed by atoms with Gasteiger partial charge in [0.25, 0.3) is 0 Å². The van der Waals surface area contributed by atoms with Crippen molar-refractivity contribution in [3.8, 4) is 0 Å². The van der Waals surface area contributed by atoms with Gasteiger partial charge >= 0.3 is 24.2 Å². The minimum absolute atomic E-state index is 0.00564. The van der Waals surface area contributed by atoms with Gasteiger partial charge < -0.3 is 24.3 Å². The van der Waals surface area contributed by atoms with Crippen LogP contribution in [0.5, 0.6) is 0 Å².